The van der Waals surface area contributed by atoms with Crippen LogP contribution in [-0.2, 0) is 11.2 Å². The SMILES string of the molecule is COc1ccc(C(=O)N(C)C[C@@H]2OCCc3ccccc32)c(F)c1. The molecule has 24 heavy (non-hydrogen) atoms. The van der Waals surface area contributed by atoms with Crippen LogP contribution < -0.4 is 4.74 Å². The molecule has 0 fully saturated rings. The van der Waals surface area contributed by atoms with Gasteiger partial charge in [-0.25, -0.2) is 4.39 Å². The number of rotatable bonds is 4. The summed E-state index contributed by atoms with van der Waals surface area (Å²) < 4.78 is 24.9. The second-order valence-electron chi connectivity index (χ2n) is 5.84. The number of hydrogen-bond acceptors (Lipinski definition) is 3. The number of carbonyl (C=O) groups excluding carboxylic acids is 1. The van der Waals surface area contributed by atoms with E-state index < -0.39 is 5.82 Å². The van der Waals surface area contributed by atoms with Crippen LogP contribution in [0.15, 0.2) is 42.5 Å². The molecule has 1 atom stereocenters. The van der Waals surface area contributed by atoms with E-state index in [1.165, 1.54) is 29.7 Å². The van der Waals surface area contributed by atoms with E-state index in [9.17, 15) is 9.18 Å². The highest BCUT2D eigenvalue weighted by Gasteiger charge is 2.25. The van der Waals surface area contributed by atoms with E-state index in [0.717, 1.165) is 12.0 Å². The number of fused-ring (bicyclic) bond motifs is 1. The third-order valence-electron chi connectivity index (χ3n) is 4.29. The van der Waals surface area contributed by atoms with Gasteiger partial charge in [0.05, 0.1) is 25.8 Å². The highest BCUT2D eigenvalue weighted by atomic mass is 19.1. The number of benzene rings is 2. The zero-order chi connectivity index (χ0) is 17.1. The number of methoxy groups -OCH3 is 1. The average molecular weight is 329 g/mol. The molecule has 0 saturated heterocycles. The minimum Gasteiger partial charge on any atom is -0.497 e. The second kappa shape index (κ2) is 7.01. The van der Waals surface area contributed by atoms with Gasteiger partial charge in [0, 0.05) is 13.1 Å². The lowest BCUT2D eigenvalue weighted by Gasteiger charge is -2.29. The summed E-state index contributed by atoms with van der Waals surface area (Å²) in [4.78, 5) is 14.0. The van der Waals surface area contributed by atoms with Crippen molar-refractivity contribution in [2.24, 2.45) is 0 Å². The van der Waals surface area contributed by atoms with Crippen molar-refractivity contribution in [3.8, 4) is 5.75 Å². The summed E-state index contributed by atoms with van der Waals surface area (Å²) >= 11 is 0. The Labute approximate surface area is 140 Å². The summed E-state index contributed by atoms with van der Waals surface area (Å²) in [6.07, 6.45) is 0.683. The van der Waals surface area contributed by atoms with Gasteiger partial charge in [-0.3, -0.25) is 4.79 Å². The molecule has 1 heterocycles. The Morgan fingerprint density at radius 3 is 2.88 bits per heavy atom. The Bertz CT molecular complexity index is 747. The minimum absolute atomic E-state index is 0.0300. The van der Waals surface area contributed by atoms with Crippen LogP contribution in [0.25, 0.3) is 0 Å². The van der Waals surface area contributed by atoms with Gasteiger partial charge in [0.1, 0.15) is 17.7 Å². The van der Waals surface area contributed by atoms with E-state index in [4.69, 9.17) is 9.47 Å². The van der Waals surface area contributed by atoms with Gasteiger partial charge in [0.2, 0.25) is 0 Å². The van der Waals surface area contributed by atoms with Gasteiger partial charge >= 0.3 is 0 Å². The van der Waals surface area contributed by atoms with Crippen LogP contribution in [0, 0.1) is 5.82 Å². The number of carbonyl (C=O) groups is 1. The fourth-order valence-electron chi connectivity index (χ4n) is 2.96. The van der Waals surface area contributed by atoms with Gasteiger partial charge in [0.25, 0.3) is 5.91 Å². The molecule has 1 amide bonds. The molecule has 5 heteroatoms. The number of ether oxygens (including phenoxy) is 2. The van der Waals surface area contributed by atoms with Crippen LogP contribution >= 0.6 is 0 Å². The monoisotopic (exact) mass is 329 g/mol. The summed E-state index contributed by atoms with van der Waals surface area (Å²) in [6.45, 7) is 1.00. The standard InChI is InChI=1S/C19H20FNO3/c1-21(19(22)16-8-7-14(23-2)11-17(16)20)12-18-15-6-4-3-5-13(15)9-10-24-18/h3-8,11,18H,9-10,12H2,1-2H3/t18-/m0/s1. The van der Waals surface area contributed by atoms with Crippen LogP contribution in [0.3, 0.4) is 0 Å². The van der Waals surface area contributed by atoms with E-state index in [2.05, 4.69) is 6.07 Å². The molecule has 0 bridgehead atoms. The van der Waals surface area contributed by atoms with E-state index in [1.807, 2.05) is 18.2 Å². The third-order valence-corrected chi connectivity index (χ3v) is 4.29. The lowest BCUT2D eigenvalue weighted by Crippen LogP contribution is -2.34. The van der Waals surface area contributed by atoms with Gasteiger partial charge in [0.15, 0.2) is 0 Å². The Morgan fingerprint density at radius 1 is 1.33 bits per heavy atom. The van der Waals surface area contributed by atoms with Crippen molar-refractivity contribution in [3.05, 3.63) is 65.0 Å². The van der Waals surface area contributed by atoms with Crippen molar-refractivity contribution in [1.29, 1.82) is 0 Å². The van der Waals surface area contributed by atoms with Crippen LogP contribution in [0.2, 0.25) is 0 Å². The summed E-state index contributed by atoms with van der Waals surface area (Å²) in [5, 5.41) is 0. The molecule has 126 valence electrons. The summed E-state index contributed by atoms with van der Waals surface area (Å²) in [7, 11) is 3.12. The summed E-state index contributed by atoms with van der Waals surface area (Å²) in [5.74, 6) is -0.575. The number of likely N-dealkylation sites (N-methyl/N-ethyl adjacent to an activating group) is 1. The molecular weight excluding hydrogens is 309 g/mol. The van der Waals surface area contributed by atoms with Crippen molar-refractivity contribution in [2.75, 3.05) is 27.3 Å². The Hall–Kier alpha value is -2.40. The molecule has 0 aromatic heterocycles. The molecule has 4 nitrogen and oxygen atoms in total. The molecule has 0 spiro atoms. The lowest BCUT2D eigenvalue weighted by molar-refractivity contribution is 0.0199. The van der Waals surface area contributed by atoms with Crippen LogP contribution in [0.4, 0.5) is 4.39 Å². The average Bonchev–Trinajstić information content (AvgIpc) is 2.61. The molecule has 3 rings (SSSR count). The van der Waals surface area contributed by atoms with Gasteiger partial charge < -0.3 is 14.4 Å². The lowest BCUT2D eigenvalue weighted by atomic mass is 9.97. The van der Waals surface area contributed by atoms with Gasteiger partial charge in [-0.1, -0.05) is 24.3 Å². The molecule has 0 aliphatic carbocycles. The van der Waals surface area contributed by atoms with E-state index >= 15 is 0 Å². The first-order valence-corrected chi connectivity index (χ1v) is 7.88. The maximum absolute atomic E-state index is 14.1. The summed E-state index contributed by atoms with van der Waals surface area (Å²) in [6, 6.07) is 12.3. The molecule has 1 aliphatic rings. The number of halogens is 1. The first-order valence-electron chi connectivity index (χ1n) is 7.88. The predicted octanol–water partition coefficient (Wildman–Crippen LogP) is 3.22. The number of nitrogens with zero attached hydrogens (tertiary/aromatic N) is 1. The van der Waals surface area contributed by atoms with Crippen LogP contribution in [-0.4, -0.2) is 38.1 Å². The van der Waals surface area contributed by atoms with Gasteiger partial charge in [-0.05, 0) is 29.7 Å². The highest BCUT2D eigenvalue weighted by Crippen LogP contribution is 2.28. The fourth-order valence-corrected chi connectivity index (χ4v) is 2.96. The predicted molar refractivity (Wildman–Crippen MR) is 88.8 cm³/mol. The first kappa shape index (κ1) is 16.5. The van der Waals surface area contributed by atoms with E-state index in [-0.39, 0.29) is 17.6 Å². The van der Waals surface area contributed by atoms with Gasteiger partial charge in [-0.2, -0.15) is 0 Å². The number of amides is 1. The van der Waals surface area contributed by atoms with Gasteiger partial charge in [-0.15, -0.1) is 0 Å². The largest absolute Gasteiger partial charge is 0.497 e. The molecule has 2 aromatic rings. The molecule has 2 aromatic carbocycles. The van der Waals surface area contributed by atoms with E-state index in [1.54, 1.807) is 13.1 Å². The molecule has 0 saturated carbocycles. The molecular formula is C19H20FNO3. The molecule has 0 unspecified atom stereocenters. The quantitative estimate of drug-likeness (QED) is 0.864. The van der Waals surface area contributed by atoms with Crippen molar-refractivity contribution < 1.29 is 18.7 Å². The Morgan fingerprint density at radius 2 is 2.12 bits per heavy atom. The highest BCUT2D eigenvalue weighted by molar-refractivity contribution is 5.94. The van der Waals surface area contributed by atoms with Crippen molar-refractivity contribution >= 4 is 5.91 Å². The molecule has 1 aliphatic heterocycles. The minimum atomic E-state index is -0.587. The van der Waals surface area contributed by atoms with E-state index in [0.29, 0.717) is 18.9 Å². The zero-order valence-electron chi connectivity index (χ0n) is 13.8. The maximum Gasteiger partial charge on any atom is 0.256 e. The second-order valence-corrected chi connectivity index (χ2v) is 5.84. The topological polar surface area (TPSA) is 38.8 Å². The maximum atomic E-state index is 14.1. The zero-order valence-corrected chi connectivity index (χ0v) is 13.8. The number of hydrogen-bond donors (Lipinski definition) is 0. The smallest absolute Gasteiger partial charge is 0.256 e. The normalized spacial score (nSPS) is 16.4. The third kappa shape index (κ3) is 3.26. The van der Waals surface area contributed by atoms with Crippen LogP contribution in [0.1, 0.15) is 27.6 Å². The van der Waals surface area contributed by atoms with Crippen molar-refractivity contribution in [1.82, 2.24) is 4.90 Å². The van der Waals surface area contributed by atoms with Crippen molar-refractivity contribution in [2.45, 2.75) is 12.5 Å². The molecule has 0 radical (unpaired) electrons. The first-order chi connectivity index (χ1) is 11.6. The van der Waals surface area contributed by atoms with Crippen molar-refractivity contribution in [3.63, 3.8) is 0 Å². The Balaban J connectivity index is 1.76. The molecule has 0 N–H and O–H groups in total. The van der Waals surface area contributed by atoms with Crippen LogP contribution in [0.5, 0.6) is 5.75 Å². The summed E-state index contributed by atoms with van der Waals surface area (Å²) in [5.41, 5.74) is 2.37. The Kier molecular flexibility index (Phi) is 4.81. The fraction of sp³-hybridized carbons (Fsp3) is 0.316.